The fourth-order valence-electron chi connectivity index (χ4n) is 2.82. The molecule has 0 radical (unpaired) electrons. The van der Waals surface area contributed by atoms with Crippen LogP contribution in [0.25, 0.3) is 11.3 Å². The first kappa shape index (κ1) is 25.7. The van der Waals surface area contributed by atoms with E-state index in [9.17, 15) is 18.4 Å². The Hall–Kier alpha value is -3.56. The number of aliphatic imine (C=N–C) groups is 1. The van der Waals surface area contributed by atoms with Crippen LogP contribution in [0.3, 0.4) is 0 Å². The fourth-order valence-corrected chi connectivity index (χ4v) is 2.82. The molecule has 8 nitrogen and oxygen atoms in total. The molecule has 2 unspecified atom stereocenters. The Morgan fingerprint density at radius 2 is 2.03 bits per heavy atom. The van der Waals surface area contributed by atoms with Gasteiger partial charge < -0.3 is 19.5 Å². The zero-order valence-corrected chi connectivity index (χ0v) is 19.2. The number of amides is 2. The lowest BCUT2D eigenvalue weighted by molar-refractivity contribution is -0.128. The van der Waals surface area contributed by atoms with E-state index in [-0.39, 0.29) is 29.5 Å². The van der Waals surface area contributed by atoms with E-state index in [1.165, 1.54) is 36.7 Å². The number of ether oxygens (including phenoxy) is 1. The zero-order valence-electron chi connectivity index (χ0n) is 19.2. The Morgan fingerprint density at radius 1 is 1.33 bits per heavy atom. The SMILES string of the molecule is CC(C)C.COC=N/C=C/C1CN(C(=O)c2cc(-c3ccc(F)cc3F)on2)C(C)C(=O)N1. The van der Waals surface area contributed by atoms with Crippen molar-refractivity contribution < 1.29 is 27.6 Å². The first-order valence-corrected chi connectivity index (χ1v) is 10.4. The molecule has 1 saturated heterocycles. The molecule has 33 heavy (non-hydrogen) atoms. The van der Waals surface area contributed by atoms with Crippen LogP contribution in [0.2, 0.25) is 0 Å². The van der Waals surface area contributed by atoms with Gasteiger partial charge in [0.15, 0.2) is 17.9 Å². The Kier molecular flexibility index (Phi) is 9.26. The van der Waals surface area contributed by atoms with Crippen LogP contribution in [-0.2, 0) is 9.53 Å². The Labute approximate surface area is 191 Å². The van der Waals surface area contributed by atoms with Crippen molar-refractivity contribution in [1.82, 2.24) is 15.4 Å². The van der Waals surface area contributed by atoms with E-state index in [0.717, 1.165) is 12.0 Å². The lowest BCUT2D eigenvalue weighted by Crippen LogP contribution is -2.60. The summed E-state index contributed by atoms with van der Waals surface area (Å²) < 4.78 is 36.8. The molecule has 10 heteroatoms. The average molecular weight is 462 g/mol. The third-order valence-electron chi connectivity index (χ3n) is 4.33. The van der Waals surface area contributed by atoms with Crippen molar-refractivity contribution in [2.75, 3.05) is 13.7 Å². The zero-order chi connectivity index (χ0) is 24.5. The Balaban J connectivity index is 0.000000890. The molecule has 1 aliphatic heterocycles. The molecule has 1 N–H and O–H groups in total. The molecule has 1 aliphatic rings. The van der Waals surface area contributed by atoms with Crippen LogP contribution in [-0.4, -0.2) is 54.0 Å². The van der Waals surface area contributed by atoms with Crippen LogP contribution in [0.15, 0.2) is 46.1 Å². The largest absolute Gasteiger partial charge is 0.486 e. The van der Waals surface area contributed by atoms with Crippen LogP contribution in [0.4, 0.5) is 8.78 Å². The van der Waals surface area contributed by atoms with E-state index in [1.807, 2.05) is 0 Å². The summed E-state index contributed by atoms with van der Waals surface area (Å²) in [5.41, 5.74) is -0.121. The number of nitrogens with one attached hydrogen (secondary N) is 1. The van der Waals surface area contributed by atoms with Gasteiger partial charge in [0, 0.05) is 24.9 Å². The number of carbonyl (C=O) groups excluding carboxylic acids is 2. The van der Waals surface area contributed by atoms with Gasteiger partial charge in [0.1, 0.15) is 17.7 Å². The maximum absolute atomic E-state index is 13.9. The second-order valence-corrected chi connectivity index (χ2v) is 8.01. The molecule has 0 saturated carbocycles. The van der Waals surface area contributed by atoms with Crippen molar-refractivity contribution in [2.45, 2.75) is 39.8 Å². The molecule has 1 aromatic heterocycles. The second-order valence-electron chi connectivity index (χ2n) is 8.01. The highest BCUT2D eigenvalue weighted by molar-refractivity contribution is 5.97. The number of rotatable bonds is 5. The van der Waals surface area contributed by atoms with Gasteiger partial charge in [-0.1, -0.05) is 25.9 Å². The van der Waals surface area contributed by atoms with Gasteiger partial charge >= 0.3 is 0 Å². The minimum atomic E-state index is -0.840. The third kappa shape index (κ3) is 7.23. The summed E-state index contributed by atoms with van der Waals surface area (Å²) >= 11 is 0. The topological polar surface area (TPSA) is 97.0 Å². The van der Waals surface area contributed by atoms with E-state index < -0.39 is 29.6 Å². The normalized spacial score (nSPS) is 18.4. The molecule has 3 rings (SSSR count). The molecule has 2 amide bonds. The number of nitrogens with zero attached hydrogens (tertiary/aromatic N) is 3. The predicted molar refractivity (Wildman–Crippen MR) is 119 cm³/mol. The van der Waals surface area contributed by atoms with Crippen molar-refractivity contribution in [1.29, 1.82) is 0 Å². The van der Waals surface area contributed by atoms with Crippen molar-refractivity contribution >= 4 is 18.2 Å². The number of benzene rings is 1. The minimum Gasteiger partial charge on any atom is -0.486 e. The van der Waals surface area contributed by atoms with E-state index >= 15 is 0 Å². The molecule has 2 atom stereocenters. The average Bonchev–Trinajstić information content (AvgIpc) is 3.22. The number of methoxy groups -OCH3 is 1. The number of halogens is 2. The molecule has 0 bridgehead atoms. The standard InChI is InChI=1S/C19H18F2N4O4.C4H10/c1-11-18(26)23-13(5-6-22-10-28-2)9-25(11)19(27)16-8-17(29-24-16)14-4-3-12(20)7-15(14)21;1-4(2)3/h3-8,10-11,13H,9H2,1-2H3,(H,23,26);4H,1-3H3/b6-5+,22-10?;. The van der Waals surface area contributed by atoms with Gasteiger partial charge in [-0.05, 0) is 31.1 Å². The maximum atomic E-state index is 13.9. The summed E-state index contributed by atoms with van der Waals surface area (Å²) in [4.78, 5) is 30.2. The first-order valence-electron chi connectivity index (χ1n) is 10.4. The lowest BCUT2D eigenvalue weighted by atomic mass is 10.1. The van der Waals surface area contributed by atoms with Crippen LogP contribution in [0, 0.1) is 17.6 Å². The second kappa shape index (κ2) is 11.9. The smallest absolute Gasteiger partial charge is 0.276 e. The van der Waals surface area contributed by atoms with Gasteiger partial charge in [-0.15, -0.1) is 0 Å². The van der Waals surface area contributed by atoms with E-state index in [2.05, 4.69) is 41.0 Å². The van der Waals surface area contributed by atoms with Gasteiger partial charge in [0.05, 0.1) is 18.7 Å². The molecule has 1 aromatic carbocycles. The number of hydrogen-bond acceptors (Lipinski definition) is 6. The quantitative estimate of drug-likeness (QED) is 0.539. The Bertz CT molecular complexity index is 1020. The van der Waals surface area contributed by atoms with Crippen molar-refractivity contribution in [3.05, 3.63) is 53.9 Å². The van der Waals surface area contributed by atoms with Crippen LogP contribution < -0.4 is 5.32 Å². The summed E-state index contributed by atoms with van der Waals surface area (Å²) in [6.45, 7) is 8.26. The van der Waals surface area contributed by atoms with Crippen LogP contribution in [0.1, 0.15) is 38.2 Å². The summed E-state index contributed by atoms with van der Waals surface area (Å²) in [6.07, 6.45) is 4.28. The molecule has 0 spiro atoms. The number of piperazine rings is 1. The van der Waals surface area contributed by atoms with E-state index in [1.54, 1.807) is 13.0 Å². The van der Waals surface area contributed by atoms with Gasteiger partial charge in [0.2, 0.25) is 5.91 Å². The van der Waals surface area contributed by atoms with E-state index in [0.29, 0.717) is 6.07 Å². The number of hydrogen-bond donors (Lipinski definition) is 1. The highest BCUT2D eigenvalue weighted by Crippen LogP contribution is 2.25. The molecule has 2 aromatic rings. The van der Waals surface area contributed by atoms with Gasteiger partial charge in [-0.3, -0.25) is 9.59 Å². The fraction of sp³-hybridized carbons (Fsp3) is 0.391. The number of carbonyl (C=O) groups is 2. The molecular weight excluding hydrogens is 434 g/mol. The van der Waals surface area contributed by atoms with Gasteiger partial charge in [0.25, 0.3) is 5.91 Å². The summed E-state index contributed by atoms with van der Waals surface area (Å²) in [6, 6.07) is 3.03. The highest BCUT2D eigenvalue weighted by Gasteiger charge is 2.35. The summed E-state index contributed by atoms with van der Waals surface area (Å²) in [5, 5.41) is 6.45. The molecule has 2 heterocycles. The van der Waals surface area contributed by atoms with Crippen LogP contribution in [0.5, 0.6) is 0 Å². The molecule has 1 fully saturated rings. The number of aromatic nitrogens is 1. The van der Waals surface area contributed by atoms with Crippen molar-refractivity contribution in [3.8, 4) is 11.3 Å². The highest BCUT2D eigenvalue weighted by atomic mass is 19.1. The molecule has 0 aliphatic carbocycles. The predicted octanol–water partition coefficient (Wildman–Crippen LogP) is 3.80. The van der Waals surface area contributed by atoms with Gasteiger partial charge in [-0.25, -0.2) is 13.8 Å². The Morgan fingerprint density at radius 3 is 2.67 bits per heavy atom. The van der Waals surface area contributed by atoms with E-state index in [4.69, 9.17) is 4.52 Å². The lowest BCUT2D eigenvalue weighted by Gasteiger charge is -2.36. The van der Waals surface area contributed by atoms with Crippen molar-refractivity contribution in [2.24, 2.45) is 10.9 Å². The van der Waals surface area contributed by atoms with Crippen LogP contribution >= 0.6 is 0 Å². The molecule has 178 valence electrons. The minimum absolute atomic E-state index is 0.0229. The first-order chi connectivity index (χ1) is 15.6. The van der Waals surface area contributed by atoms with Crippen molar-refractivity contribution in [3.63, 3.8) is 0 Å². The van der Waals surface area contributed by atoms with Gasteiger partial charge in [-0.2, -0.15) is 0 Å². The maximum Gasteiger partial charge on any atom is 0.276 e. The monoisotopic (exact) mass is 462 g/mol. The summed E-state index contributed by atoms with van der Waals surface area (Å²) in [5.74, 6) is -1.66. The molecular formula is C23H28F2N4O4. The summed E-state index contributed by atoms with van der Waals surface area (Å²) in [7, 11) is 1.45. The third-order valence-corrected chi connectivity index (χ3v) is 4.33.